The molecule has 0 bridgehead atoms. The number of nitrogens with one attached hydrogen (secondary N) is 2. The molecule has 1 saturated heterocycles. The van der Waals surface area contributed by atoms with Gasteiger partial charge in [0.25, 0.3) is 0 Å². The molecule has 0 spiro atoms. The third kappa shape index (κ3) is 7.55. The number of urea groups is 1. The van der Waals surface area contributed by atoms with E-state index in [1.165, 1.54) is 6.42 Å². The number of anilines is 2. The molecule has 2 fully saturated rings. The Morgan fingerprint density at radius 1 is 1.02 bits per heavy atom. The van der Waals surface area contributed by atoms with Crippen LogP contribution >= 0.6 is 0 Å². The quantitative estimate of drug-likeness (QED) is 0.253. The molecule has 6 rings (SSSR count). The van der Waals surface area contributed by atoms with Gasteiger partial charge in [0.15, 0.2) is 5.65 Å². The van der Waals surface area contributed by atoms with Gasteiger partial charge in [-0.25, -0.2) is 9.48 Å². The van der Waals surface area contributed by atoms with E-state index in [4.69, 9.17) is 9.84 Å². The summed E-state index contributed by atoms with van der Waals surface area (Å²) in [4.78, 5) is 17.8. The van der Waals surface area contributed by atoms with Crippen molar-refractivity contribution in [1.29, 1.82) is 0 Å². The molecule has 4 aromatic rings. The van der Waals surface area contributed by atoms with Gasteiger partial charge in [0.1, 0.15) is 17.3 Å². The number of carbonyl (C=O) groups excluding carboxylic acids is 1. The highest BCUT2D eigenvalue weighted by Crippen LogP contribution is 2.31. The lowest BCUT2D eigenvalue weighted by molar-refractivity contribution is 0.140. The maximum absolute atomic E-state index is 13.2. The van der Waals surface area contributed by atoms with Crippen LogP contribution in [0.4, 0.5) is 16.6 Å². The Kier molecular flexibility index (Phi) is 9.45. The molecule has 13 heteroatoms. The van der Waals surface area contributed by atoms with E-state index in [0.29, 0.717) is 17.9 Å². The molecule has 13 nitrogen and oxygen atoms in total. The summed E-state index contributed by atoms with van der Waals surface area (Å²) in [6.07, 6.45) is 12.8. The van der Waals surface area contributed by atoms with E-state index in [1.807, 2.05) is 49.4 Å². The van der Waals surface area contributed by atoms with Crippen molar-refractivity contribution in [3.8, 4) is 11.4 Å². The van der Waals surface area contributed by atoms with Gasteiger partial charge >= 0.3 is 6.03 Å². The number of hydrogen-bond acceptors (Lipinski definition) is 8. The maximum Gasteiger partial charge on any atom is 0.320 e. The minimum absolute atomic E-state index is 0.0658. The lowest BCUT2D eigenvalue weighted by Crippen LogP contribution is -2.44. The van der Waals surface area contributed by atoms with Crippen LogP contribution in [0.2, 0.25) is 0 Å². The fourth-order valence-corrected chi connectivity index (χ4v) is 6.70. The molecule has 2 amide bonds. The van der Waals surface area contributed by atoms with Crippen LogP contribution in [0.5, 0.6) is 5.75 Å². The first-order valence-corrected chi connectivity index (χ1v) is 17.1. The zero-order valence-electron chi connectivity index (χ0n) is 29.0. The van der Waals surface area contributed by atoms with Gasteiger partial charge in [-0.3, -0.25) is 14.4 Å². The highest BCUT2D eigenvalue weighted by molar-refractivity contribution is 5.89. The van der Waals surface area contributed by atoms with Gasteiger partial charge in [-0.1, -0.05) is 20.8 Å². The van der Waals surface area contributed by atoms with Gasteiger partial charge in [0.05, 0.1) is 36.9 Å². The largest absolute Gasteiger partial charge is 0.489 e. The Balaban J connectivity index is 1.06. The highest BCUT2D eigenvalue weighted by atomic mass is 16.5. The fourth-order valence-electron chi connectivity index (χ4n) is 6.70. The van der Waals surface area contributed by atoms with Crippen molar-refractivity contribution in [2.75, 3.05) is 30.9 Å². The van der Waals surface area contributed by atoms with Crippen LogP contribution in [0.15, 0.2) is 36.8 Å². The lowest BCUT2D eigenvalue weighted by Gasteiger charge is -2.39. The van der Waals surface area contributed by atoms with Crippen LogP contribution in [0, 0.1) is 0 Å². The average Bonchev–Trinajstić information content (AvgIpc) is 3.76. The molecule has 2 atom stereocenters. The van der Waals surface area contributed by atoms with Crippen molar-refractivity contribution in [2.24, 2.45) is 0 Å². The first-order chi connectivity index (χ1) is 22.4. The van der Waals surface area contributed by atoms with Crippen molar-refractivity contribution in [1.82, 2.24) is 44.4 Å². The summed E-state index contributed by atoms with van der Waals surface area (Å²) in [5.74, 6) is 2.32. The van der Waals surface area contributed by atoms with Gasteiger partial charge in [-0.15, -0.1) is 10.2 Å². The Morgan fingerprint density at radius 2 is 1.77 bits per heavy atom. The monoisotopic (exact) mass is 645 g/mol. The zero-order chi connectivity index (χ0) is 33.3. The molecule has 0 aromatic carbocycles. The average molecular weight is 646 g/mol. The van der Waals surface area contributed by atoms with Crippen molar-refractivity contribution in [2.45, 2.75) is 116 Å². The first kappa shape index (κ1) is 32.8. The standard InChI is InChI=1S/C34H51N11O2/c1-23-9-8-10-24(2)44(23)33-39-38-30-16-15-28(22-43(30)33)47-27-13-11-25(12-14-27)36-32(46)37-31-19-29(34(3,4)5)40-45(31)26-20-35-42(21-26)18-17-41(6)7/h15-16,19-25,27H,8-14,17-18H2,1-7H3,(H2,36,37,46)/t23-,24+,25-,27-. The Labute approximate surface area is 277 Å². The van der Waals surface area contributed by atoms with Crippen molar-refractivity contribution in [3.63, 3.8) is 0 Å². The number of ether oxygens (including phenoxy) is 1. The van der Waals surface area contributed by atoms with Crippen LogP contribution in [0.25, 0.3) is 11.3 Å². The highest BCUT2D eigenvalue weighted by Gasteiger charge is 2.29. The predicted molar refractivity (Wildman–Crippen MR) is 184 cm³/mol. The molecule has 47 heavy (non-hydrogen) atoms. The predicted octanol–water partition coefficient (Wildman–Crippen LogP) is 5.25. The summed E-state index contributed by atoms with van der Waals surface area (Å²) in [6, 6.07) is 6.59. The van der Waals surface area contributed by atoms with Gasteiger partial charge < -0.3 is 19.9 Å². The second-order valence-corrected chi connectivity index (χ2v) is 14.7. The summed E-state index contributed by atoms with van der Waals surface area (Å²) in [5.41, 5.74) is 2.35. The Morgan fingerprint density at radius 3 is 2.47 bits per heavy atom. The molecule has 1 aliphatic carbocycles. The van der Waals surface area contributed by atoms with Crippen LogP contribution in [-0.2, 0) is 12.0 Å². The molecular formula is C34H51N11O2. The first-order valence-electron chi connectivity index (χ1n) is 17.1. The summed E-state index contributed by atoms with van der Waals surface area (Å²) in [5, 5.41) is 24.6. The van der Waals surface area contributed by atoms with Gasteiger partial charge in [0, 0.05) is 36.2 Å². The number of aromatic nitrogens is 7. The van der Waals surface area contributed by atoms with Crippen LogP contribution in [0.3, 0.4) is 0 Å². The number of hydrogen-bond donors (Lipinski definition) is 2. The summed E-state index contributed by atoms with van der Waals surface area (Å²) in [7, 11) is 4.08. The SMILES string of the molecule is C[C@@H]1CCC[C@H](C)N1c1nnc2ccc(O[C@H]3CC[C@H](NC(=O)Nc4cc(C(C)(C)C)nn4-c4cnn(CCN(C)C)c4)CC3)cn12. The summed E-state index contributed by atoms with van der Waals surface area (Å²) >= 11 is 0. The van der Waals surface area contributed by atoms with E-state index in [1.54, 1.807) is 10.9 Å². The van der Waals surface area contributed by atoms with E-state index >= 15 is 0 Å². The van der Waals surface area contributed by atoms with E-state index in [2.05, 4.69) is 74.7 Å². The lowest BCUT2D eigenvalue weighted by atomic mass is 9.92. The number of fused-ring (bicyclic) bond motifs is 1. The molecule has 2 N–H and O–H groups in total. The van der Waals surface area contributed by atoms with E-state index in [-0.39, 0.29) is 23.6 Å². The van der Waals surface area contributed by atoms with E-state index < -0.39 is 0 Å². The van der Waals surface area contributed by atoms with Crippen LogP contribution in [0.1, 0.15) is 85.3 Å². The molecule has 254 valence electrons. The van der Waals surface area contributed by atoms with Crippen molar-refractivity contribution < 1.29 is 9.53 Å². The molecule has 1 saturated carbocycles. The molecule has 4 aromatic heterocycles. The summed E-state index contributed by atoms with van der Waals surface area (Å²) < 4.78 is 12.2. The van der Waals surface area contributed by atoms with Gasteiger partial charge in [0.2, 0.25) is 5.95 Å². The van der Waals surface area contributed by atoms with Gasteiger partial charge in [-0.2, -0.15) is 10.2 Å². The Bertz CT molecular complexity index is 1650. The maximum atomic E-state index is 13.2. The van der Waals surface area contributed by atoms with Gasteiger partial charge in [-0.05, 0) is 85.0 Å². The molecule has 0 unspecified atom stereocenters. The number of piperidine rings is 1. The van der Waals surface area contributed by atoms with Crippen LogP contribution < -0.4 is 20.3 Å². The van der Waals surface area contributed by atoms with Crippen molar-refractivity contribution in [3.05, 3.63) is 42.5 Å². The smallest absolute Gasteiger partial charge is 0.320 e. The number of pyridine rings is 1. The molecule has 5 heterocycles. The normalized spacial score (nSPS) is 22.2. The molecule has 2 aliphatic rings. The second-order valence-electron chi connectivity index (χ2n) is 14.7. The minimum atomic E-state index is -0.234. The molecule has 1 aliphatic heterocycles. The van der Waals surface area contributed by atoms with Crippen molar-refractivity contribution >= 4 is 23.4 Å². The number of amides is 2. The number of carbonyl (C=O) groups is 1. The Hall–Kier alpha value is -4.13. The summed E-state index contributed by atoms with van der Waals surface area (Å²) in [6.45, 7) is 12.5. The third-order valence-corrected chi connectivity index (χ3v) is 9.45. The second kappa shape index (κ2) is 13.5. The van der Waals surface area contributed by atoms with E-state index in [0.717, 1.165) is 80.3 Å². The number of rotatable bonds is 9. The van der Waals surface area contributed by atoms with E-state index in [9.17, 15) is 4.79 Å². The van der Waals surface area contributed by atoms with Crippen LogP contribution in [-0.4, -0.2) is 90.0 Å². The molecule has 0 radical (unpaired) electrons. The minimum Gasteiger partial charge on any atom is -0.489 e. The topological polar surface area (TPSA) is 123 Å². The molecular weight excluding hydrogens is 594 g/mol. The number of likely N-dealkylation sites (N-methyl/N-ethyl adjacent to an activating group) is 1. The zero-order valence-corrected chi connectivity index (χ0v) is 29.0. The fraction of sp³-hybridized carbons (Fsp3) is 0.618. The third-order valence-electron chi connectivity index (χ3n) is 9.45. The number of nitrogens with zero attached hydrogens (tertiary/aromatic N) is 9.